The number of pyridine rings is 1. The summed E-state index contributed by atoms with van der Waals surface area (Å²) in [6, 6.07) is 14.3. The first-order valence-corrected chi connectivity index (χ1v) is 9.01. The van der Waals surface area contributed by atoms with Crippen molar-refractivity contribution in [3.05, 3.63) is 66.5 Å². The molecule has 0 spiro atoms. The normalized spacial score (nSPS) is 11.1. The molecule has 29 heavy (non-hydrogen) atoms. The molecule has 0 amide bonds. The third-order valence-corrected chi connectivity index (χ3v) is 4.59. The molecular formula is C22H18F2N4O. The van der Waals surface area contributed by atoms with Gasteiger partial charge in [-0.25, -0.2) is 9.97 Å². The molecule has 0 aliphatic rings. The fourth-order valence-corrected chi connectivity index (χ4v) is 3.27. The summed E-state index contributed by atoms with van der Waals surface area (Å²) in [5.41, 5.74) is 3.81. The summed E-state index contributed by atoms with van der Waals surface area (Å²) < 4.78 is 30.4. The summed E-state index contributed by atoms with van der Waals surface area (Å²) in [5.74, 6) is 1.33. The van der Waals surface area contributed by atoms with E-state index in [2.05, 4.69) is 20.3 Å². The van der Waals surface area contributed by atoms with Crippen molar-refractivity contribution in [3.63, 3.8) is 0 Å². The number of fused-ring (bicyclic) bond motifs is 1. The van der Waals surface area contributed by atoms with E-state index in [1.807, 2.05) is 31.2 Å². The molecule has 0 saturated carbocycles. The summed E-state index contributed by atoms with van der Waals surface area (Å²) in [5, 5.41) is 3.89. The summed E-state index contributed by atoms with van der Waals surface area (Å²) in [6.07, 6.45) is 3.40. The first-order valence-electron chi connectivity index (χ1n) is 9.01. The quantitative estimate of drug-likeness (QED) is 0.499. The van der Waals surface area contributed by atoms with Crippen molar-refractivity contribution >= 4 is 16.7 Å². The fourth-order valence-electron chi connectivity index (χ4n) is 3.27. The third kappa shape index (κ3) is 3.71. The lowest BCUT2D eigenvalue weighted by atomic mass is 9.97. The molecule has 0 atom stereocenters. The molecular weight excluding hydrogens is 374 g/mol. The standard InChI is InChI=1S/C22H18F2N4O/c1-13-10-18-17(11-16(13)15-7-3-4-8-19(15)29-22(23)24)21(25-2)28-20(27-18)14-6-5-9-26-12-14/h3-12,22H,1-2H3,(H,25,27,28). The van der Waals surface area contributed by atoms with Gasteiger partial charge in [-0.3, -0.25) is 4.98 Å². The van der Waals surface area contributed by atoms with Crippen LogP contribution < -0.4 is 10.1 Å². The van der Waals surface area contributed by atoms with Gasteiger partial charge >= 0.3 is 6.61 Å². The predicted molar refractivity (Wildman–Crippen MR) is 109 cm³/mol. The van der Waals surface area contributed by atoms with Gasteiger partial charge in [-0.15, -0.1) is 0 Å². The molecule has 7 heteroatoms. The van der Waals surface area contributed by atoms with Gasteiger partial charge in [-0.05, 0) is 48.4 Å². The molecule has 2 heterocycles. The van der Waals surface area contributed by atoms with Crippen LogP contribution in [-0.4, -0.2) is 28.6 Å². The van der Waals surface area contributed by atoms with Gasteiger partial charge in [0.2, 0.25) is 0 Å². The minimum Gasteiger partial charge on any atom is -0.434 e. The number of hydrogen-bond donors (Lipinski definition) is 1. The molecule has 0 saturated heterocycles. The van der Waals surface area contributed by atoms with Gasteiger partial charge in [-0.2, -0.15) is 8.78 Å². The first-order chi connectivity index (χ1) is 14.1. The molecule has 0 bridgehead atoms. The Morgan fingerprint density at radius 3 is 2.55 bits per heavy atom. The Hall–Kier alpha value is -3.61. The van der Waals surface area contributed by atoms with Gasteiger partial charge < -0.3 is 10.1 Å². The van der Waals surface area contributed by atoms with Crippen molar-refractivity contribution in [2.45, 2.75) is 13.5 Å². The summed E-state index contributed by atoms with van der Waals surface area (Å²) in [6.45, 7) is -0.978. The summed E-state index contributed by atoms with van der Waals surface area (Å²) >= 11 is 0. The van der Waals surface area contributed by atoms with Crippen LogP contribution in [0.15, 0.2) is 60.9 Å². The number of rotatable bonds is 5. The lowest BCUT2D eigenvalue weighted by Crippen LogP contribution is -2.04. The zero-order valence-corrected chi connectivity index (χ0v) is 15.9. The number of nitrogens with one attached hydrogen (secondary N) is 1. The van der Waals surface area contributed by atoms with Crippen LogP contribution >= 0.6 is 0 Å². The van der Waals surface area contributed by atoms with Crippen LogP contribution in [-0.2, 0) is 0 Å². The Bertz CT molecular complexity index is 1170. The number of ether oxygens (including phenoxy) is 1. The van der Waals surface area contributed by atoms with Crippen molar-refractivity contribution in [1.29, 1.82) is 0 Å². The molecule has 0 aliphatic heterocycles. The van der Waals surface area contributed by atoms with Crippen LogP contribution in [0.25, 0.3) is 33.4 Å². The minimum absolute atomic E-state index is 0.129. The number of nitrogens with zero attached hydrogens (tertiary/aromatic N) is 3. The highest BCUT2D eigenvalue weighted by Crippen LogP contribution is 2.36. The molecule has 0 radical (unpaired) electrons. The van der Waals surface area contributed by atoms with Gasteiger partial charge in [0.15, 0.2) is 5.82 Å². The molecule has 146 valence electrons. The van der Waals surface area contributed by atoms with E-state index in [1.165, 1.54) is 6.07 Å². The van der Waals surface area contributed by atoms with Crippen LogP contribution in [0.4, 0.5) is 14.6 Å². The molecule has 0 unspecified atom stereocenters. The molecule has 5 nitrogen and oxygen atoms in total. The van der Waals surface area contributed by atoms with Gasteiger partial charge in [0.1, 0.15) is 11.6 Å². The molecule has 1 N–H and O–H groups in total. The van der Waals surface area contributed by atoms with E-state index in [1.54, 1.807) is 37.6 Å². The van der Waals surface area contributed by atoms with Crippen molar-refractivity contribution < 1.29 is 13.5 Å². The molecule has 0 aliphatic carbocycles. The van der Waals surface area contributed by atoms with E-state index in [-0.39, 0.29) is 5.75 Å². The number of aryl methyl sites for hydroxylation is 1. The number of benzene rings is 2. The summed E-state index contributed by atoms with van der Waals surface area (Å²) in [7, 11) is 1.78. The largest absolute Gasteiger partial charge is 0.434 e. The smallest absolute Gasteiger partial charge is 0.387 e. The van der Waals surface area contributed by atoms with E-state index < -0.39 is 6.61 Å². The second-order valence-electron chi connectivity index (χ2n) is 6.45. The van der Waals surface area contributed by atoms with Gasteiger partial charge in [0.25, 0.3) is 0 Å². The van der Waals surface area contributed by atoms with Crippen LogP contribution in [0.2, 0.25) is 0 Å². The second-order valence-corrected chi connectivity index (χ2v) is 6.45. The SMILES string of the molecule is CNc1nc(-c2cccnc2)nc2cc(C)c(-c3ccccc3OC(F)F)cc12. The molecule has 4 rings (SSSR count). The van der Waals surface area contributed by atoms with Crippen LogP contribution in [0.5, 0.6) is 5.75 Å². The maximum atomic E-state index is 12.8. The van der Waals surface area contributed by atoms with Crippen molar-refractivity contribution in [2.24, 2.45) is 0 Å². The van der Waals surface area contributed by atoms with Crippen molar-refractivity contribution in [1.82, 2.24) is 15.0 Å². The molecule has 2 aromatic heterocycles. The van der Waals surface area contributed by atoms with Gasteiger partial charge in [-0.1, -0.05) is 18.2 Å². The highest BCUT2D eigenvalue weighted by atomic mass is 19.3. The van der Waals surface area contributed by atoms with Crippen molar-refractivity contribution in [2.75, 3.05) is 12.4 Å². The monoisotopic (exact) mass is 392 g/mol. The lowest BCUT2D eigenvalue weighted by Gasteiger charge is -2.15. The van der Waals surface area contributed by atoms with Gasteiger partial charge in [0.05, 0.1) is 5.52 Å². The third-order valence-electron chi connectivity index (χ3n) is 4.59. The second kappa shape index (κ2) is 7.79. The van der Waals surface area contributed by atoms with E-state index in [0.717, 1.165) is 27.6 Å². The topological polar surface area (TPSA) is 59.9 Å². The van der Waals surface area contributed by atoms with E-state index in [0.29, 0.717) is 17.2 Å². The van der Waals surface area contributed by atoms with Gasteiger partial charge in [0, 0.05) is 36.0 Å². The fraction of sp³-hybridized carbons (Fsp3) is 0.136. The van der Waals surface area contributed by atoms with E-state index in [4.69, 9.17) is 4.74 Å². The highest BCUT2D eigenvalue weighted by Gasteiger charge is 2.16. The number of halogens is 2. The molecule has 2 aromatic carbocycles. The molecule has 4 aromatic rings. The Morgan fingerprint density at radius 1 is 1.00 bits per heavy atom. The Balaban J connectivity index is 1.90. The highest BCUT2D eigenvalue weighted by molar-refractivity contribution is 5.95. The van der Waals surface area contributed by atoms with Crippen molar-refractivity contribution in [3.8, 4) is 28.3 Å². The number of hydrogen-bond acceptors (Lipinski definition) is 5. The van der Waals surface area contributed by atoms with E-state index >= 15 is 0 Å². The average Bonchev–Trinajstić information content (AvgIpc) is 2.73. The first kappa shape index (κ1) is 18.7. The zero-order valence-electron chi connectivity index (χ0n) is 15.9. The average molecular weight is 392 g/mol. The van der Waals surface area contributed by atoms with Crippen LogP contribution in [0.1, 0.15) is 5.56 Å². The Kier molecular flexibility index (Phi) is 5.03. The number of aromatic nitrogens is 3. The zero-order chi connectivity index (χ0) is 20.4. The maximum Gasteiger partial charge on any atom is 0.387 e. The number of para-hydroxylation sites is 1. The number of alkyl halides is 2. The molecule has 0 fully saturated rings. The van der Waals surface area contributed by atoms with E-state index in [9.17, 15) is 8.78 Å². The van der Waals surface area contributed by atoms with Crippen LogP contribution in [0, 0.1) is 6.92 Å². The Labute approximate surface area is 166 Å². The Morgan fingerprint density at radius 2 is 1.83 bits per heavy atom. The predicted octanol–water partition coefficient (Wildman–Crippen LogP) is 5.31. The minimum atomic E-state index is -2.89. The lowest BCUT2D eigenvalue weighted by molar-refractivity contribution is -0.0494. The summed E-state index contributed by atoms with van der Waals surface area (Å²) in [4.78, 5) is 13.4. The van der Waals surface area contributed by atoms with Crippen LogP contribution in [0.3, 0.4) is 0 Å². The maximum absolute atomic E-state index is 12.8. The number of anilines is 1.